The van der Waals surface area contributed by atoms with Crippen LogP contribution in [-0.2, 0) is 21.7 Å². The first kappa shape index (κ1) is 51.0. The molecule has 0 amide bonds. The molecule has 5 heteroatoms. The molecule has 0 aliphatic rings. The fraction of sp³-hybridized carbons (Fsp3) is 0.198. The van der Waals surface area contributed by atoms with Crippen LogP contribution in [0.2, 0.25) is 0 Å². The summed E-state index contributed by atoms with van der Waals surface area (Å²) in [6, 6.07) is 76.3. The first-order chi connectivity index (χ1) is 41.2. The lowest BCUT2D eigenvalue weighted by Gasteiger charge is -2.22. The van der Waals surface area contributed by atoms with Crippen LogP contribution in [0.3, 0.4) is 0 Å². The van der Waals surface area contributed by atoms with Crippen molar-refractivity contribution in [2.24, 2.45) is 0 Å². The van der Waals surface area contributed by atoms with Gasteiger partial charge in [-0.3, -0.25) is 4.40 Å². The number of nitrogens with zero attached hydrogens (tertiary/aromatic N) is 5. The van der Waals surface area contributed by atoms with E-state index in [-0.39, 0.29) is 21.7 Å². The molecule has 0 spiro atoms. The zero-order valence-corrected chi connectivity index (χ0v) is 51.3. The lowest BCUT2D eigenvalue weighted by atomic mass is 9.83. The van der Waals surface area contributed by atoms with Gasteiger partial charge in [0.25, 0.3) is 0 Å². The maximum Gasteiger partial charge on any atom is 0.146 e. The standard InChI is InChI=1S/C81H69N5/c1-78(2,3)48-37-56(46-31-33-69-58(35-46)54-27-19-21-29-67(54)83(69)52-23-15-13-16-24-52)73-60(39-48)63-42-51(81(10,11)12)44-66-72-71(85(73)76(63)66)45-65-64-43-50(80(7,8)9)41-62-61-40-49(79(4,5)6)38-57(74(61)86(75(62)64)77(65)82-72)47-32-34-70-59(36-47)55-28-20-22-30-68(55)84(70)53-25-17-14-18-26-53/h13-45H,1-12H3. The minimum atomic E-state index is -0.127. The number of hydrogen-bond donors (Lipinski definition) is 0. The molecule has 0 saturated carbocycles. The average molecular weight is 1110 g/mol. The van der Waals surface area contributed by atoms with Gasteiger partial charge in [0.1, 0.15) is 5.65 Å². The summed E-state index contributed by atoms with van der Waals surface area (Å²) >= 11 is 0. The Kier molecular flexibility index (Phi) is 10.2. The van der Waals surface area contributed by atoms with Crippen molar-refractivity contribution in [3.8, 4) is 33.6 Å². The number of hydrogen-bond acceptors (Lipinski definition) is 1. The highest BCUT2D eigenvalue weighted by Gasteiger charge is 2.32. The molecule has 86 heavy (non-hydrogen) atoms. The molecule has 0 aliphatic carbocycles. The highest BCUT2D eigenvalue weighted by molar-refractivity contribution is 6.30. The van der Waals surface area contributed by atoms with E-state index in [1.807, 2.05) is 0 Å². The molecule has 0 radical (unpaired) electrons. The Morgan fingerprint density at radius 2 is 0.628 bits per heavy atom. The lowest BCUT2D eigenvalue weighted by Crippen LogP contribution is -2.11. The van der Waals surface area contributed by atoms with E-state index in [0.29, 0.717) is 0 Å². The van der Waals surface area contributed by atoms with Crippen molar-refractivity contribution in [1.82, 2.24) is 22.9 Å². The van der Waals surface area contributed by atoms with Crippen molar-refractivity contribution in [2.75, 3.05) is 0 Å². The molecule has 0 unspecified atom stereocenters. The SMILES string of the molecule is CC(C)(C)c1cc(-c2ccc3c(c2)c2ccccc2n3-c2ccccc2)c2c(c1)c1cc(C(C)(C)C)cc3c4nc5c(cc4n2c13)c1cc(C(C)(C)C)cc2c3cc(C(C)(C)C)cc(-c4ccc6c(c4)c4ccccc4n6-c4ccccc4)c3n5c12. The van der Waals surface area contributed by atoms with Gasteiger partial charge in [0.05, 0.1) is 55.2 Å². The fourth-order valence-electron chi connectivity index (χ4n) is 14.8. The van der Waals surface area contributed by atoms with Crippen molar-refractivity contribution in [1.29, 1.82) is 0 Å². The molecule has 7 heterocycles. The molecule has 17 rings (SSSR count). The van der Waals surface area contributed by atoms with E-state index in [1.54, 1.807) is 0 Å². The largest absolute Gasteiger partial charge is 0.309 e. The lowest BCUT2D eigenvalue weighted by molar-refractivity contribution is 0.591. The second-order valence-corrected chi connectivity index (χ2v) is 28.9. The van der Waals surface area contributed by atoms with Gasteiger partial charge in [-0.15, -0.1) is 0 Å². The summed E-state index contributed by atoms with van der Waals surface area (Å²) in [6.07, 6.45) is 0. The molecular weight excluding hydrogens is 1040 g/mol. The molecule has 0 aliphatic heterocycles. The molecule has 0 fully saturated rings. The van der Waals surface area contributed by atoms with Gasteiger partial charge in [-0.1, -0.05) is 168 Å². The van der Waals surface area contributed by atoms with Crippen LogP contribution in [0.4, 0.5) is 0 Å². The second-order valence-electron chi connectivity index (χ2n) is 28.9. The number of fused-ring (bicyclic) bond motifs is 18. The quantitative estimate of drug-likeness (QED) is 0.173. The number of aromatic nitrogens is 5. The number of para-hydroxylation sites is 4. The molecule has 0 N–H and O–H groups in total. The maximum atomic E-state index is 6.17. The summed E-state index contributed by atoms with van der Waals surface area (Å²) in [7, 11) is 0. The Morgan fingerprint density at radius 1 is 0.267 bits per heavy atom. The summed E-state index contributed by atoms with van der Waals surface area (Å²) in [5, 5.41) is 13.7. The van der Waals surface area contributed by atoms with E-state index in [9.17, 15) is 0 Å². The van der Waals surface area contributed by atoms with Crippen LogP contribution < -0.4 is 0 Å². The number of rotatable bonds is 4. The van der Waals surface area contributed by atoms with Crippen LogP contribution >= 0.6 is 0 Å². The summed E-state index contributed by atoms with van der Waals surface area (Å²) in [5.74, 6) is 0. The van der Waals surface area contributed by atoms with Crippen molar-refractivity contribution in [3.05, 3.63) is 222 Å². The second kappa shape index (κ2) is 17.1. The topological polar surface area (TPSA) is 31.6 Å². The number of benzene rings is 10. The highest BCUT2D eigenvalue weighted by Crippen LogP contribution is 2.51. The predicted molar refractivity (Wildman–Crippen MR) is 368 cm³/mol. The third-order valence-corrected chi connectivity index (χ3v) is 19.4. The summed E-state index contributed by atoms with van der Waals surface area (Å²) in [5.41, 5.74) is 24.8. The van der Waals surface area contributed by atoms with Gasteiger partial charge < -0.3 is 13.5 Å². The van der Waals surface area contributed by atoms with Crippen molar-refractivity contribution >= 4 is 120 Å². The smallest absolute Gasteiger partial charge is 0.146 e. The summed E-state index contributed by atoms with van der Waals surface area (Å²) in [6.45, 7) is 28.3. The maximum absolute atomic E-state index is 6.17. The molecule has 5 nitrogen and oxygen atoms in total. The van der Waals surface area contributed by atoms with Gasteiger partial charge in [0.15, 0.2) is 0 Å². The Balaban J connectivity index is 1.01. The van der Waals surface area contributed by atoms with E-state index in [0.717, 1.165) is 28.1 Å². The van der Waals surface area contributed by atoms with Crippen molar-refractivity contribution in [3.63, 3.8) is 0 Å². The van der Waals surface area contributed by atoms with Crippen LogP contribution in [0.25, 0.3) is 154 Å². The van der Waals surface area contributed by atoms with Crippen molar-refractivity contribution in [2.45, 2.75) is 105 Å². The normalized spacial score (nSPS) is 13.3. The van der Waals surface area contributed by atoms with E-state index in [2.05, 4.69) is 301 Å². The van der Waals surface area contributed by atoms with Gasteiger partial charge in [-0.2, -0.15) is 0 Å². The highest BCUT2D eigenvalue weighted by atomic mass is 15.0. The summed E-state index contributed by atoms with van der Waals surface area (Å²) in [4.78, 5) is 6.17. The van der Waals surface area contributed by atoms with E-state index in [4.69, 9.17) is 4.98 Å². The van der Waals surface area contributed by atoms with Crippen LogP contribution in [0, 0.1) is 0 Å². The van der Waals surface area contributed by atoms with Crippen LogP contribution in [0.5, 0.6) is 0 Å². The molecule has 10 aromatic carbocycles. The van der Waals surface area contributed by atoms with Gasteiger partial charge >= 0.3 is 0 Å². The fourth-order valence-corrected chi connectivity index (χ4v) is 14.8. The zero-order valence-electron chi connectivity index (χ0n) is 51.3. The van der Waals surface area contributed by atoms with E-state index >= 15 is 0 Å². The number of pyridine rings is 1. The first-order valence-electron chi connectivity index (χ1n) is 30.8. The average Bonchev–Trinajstić information content (AvgIpc) is 1.52. The van der Waals surface area contributed by atoms with Crippen LogP contribution in [0.1, 0.15) is 105 Å². The Hall–Kier alpha value is -9.45. The first-order valence-corrected chi connectivity index (χ1v) is 30.8. The monoisotopic (exact) mass is 1110 g/mol. The summed E-state index contributed by atoms with van der Waals surface area (Å²) < 4.78 is 10.0. The van der Waals surface area contributed by atoms with E-state index in [1.165, 1.54) is 148 Å². The molecule has 0 saturated heterocycles. The van der Waals surface area contributed by atoms with Crippen LogP contribution in [0.15, 0.2) is 200 Å². The minimum absolute atomic E-state index is 0.112. The molecule has 17 aromatic rings. The van der Waals surface area contributed by atoms with Gasteiger partial charge in [0, 0.05) is 81.8 Å². The van der Waals surface area contributed by atoms with Gasteiger partial charge in [-0.25, -0.2) is 4.98 Å². The van der Waals surface area contributed by atoms with Gasteiger partial charge in [0.2, 0.25) is 0 Å². The Morgan fingerprint density at radius 3 is 1.08 bits per heavy atom. The molecule has 0 bridgehead atoms. The minimum Gasteiger partial charge on any atom is -0.309 e. The molecule has 7 aromatic heterocycles. The predicted octanol–water partition coefficient (Wildman–Crippen LogP) is 22.1. The molecular formula is C81H69N5. The van der Waals surface area contributed by atoms with Crippen molar-refractivity contribution < 1.29 is 0 Å². The third kappa shape index (κ3) is 7.09. The third-order valence-electron chi connectivity index (χ3n) is 19.4. The zero-order chi connectivity index (χ0) is 58.8. The molecule has 0 atom stereocenters. The van der Waals surface area contributed by atoms with E-state index < -0.39 is 0 Å². The Labute approximate surface area is 501 Å². The Bertz CT molecular complexity index is 5360. The van der Waals surface area contributed by atoms with Crippen LogP contribution in [-0.4, -0.2) is 22.9 Å². The van der Waals surface area contributed by atoms with Gasteiger partial charge in [-0.05, 0) is 170 Å². The molecule has 418 valence electrons.